The van der Waals surface area contributed by atoms with Crippen LogP contribution in [0.3, 0.4) is 0 Å². The molecule has 0 radical (unpaired) electrons. The van der Waals surface area contributed by atoms with Gasteiger partial charge in [-0.25, -0.2) is 4.98 Å². The lowest BCUT2D eigenvalue weighted by atomic mass is 9.95. The number of nitrogens with one attached hydrogen (secondary N) is 1. The van der Waals surface area contributed by atoms with Crippen molar-refractivity contribution in [3.63, 3.8) is 0 Å². The maximum absolute atomic E-state index is 12.5. The van der Waals surface area contributed by atoms with E-state index in [4.69, 9.17) is 0 Å². The first-order valence-corrected chi connectivity index (χ1v) is 9.66. The Morgan fingerprint density at radius 1 is 1.23 bits per heavy atom. The fourth-order valence-electron chi connectivity index (χ4n) is 4.09. The van der Waals surface area contributed by atoms with Gasteiger partial charge in [0.25, 0.3) is 5.91 Å². The molecule has 4 rings (SSSR count). The summed E-state index contributed by atoms with van der Waals surface area (Å²) in [6.45, 7) is 3.77. The Bertz CT molecular complexity index is 798. The summed E-state index contributed by atoms with van der Waals surface area (Å²) in [5, 5.41) is 3.17. The van der Waals surface area contributed by atoms with Gasteiger partial charge in [-0.2, -0.15) is 0 Å². The van der Waals surface area contributed by atoms with E-state index in [0.717, 1.165) is 43.7 Å². The molecule has 1 amide bonds. The number of carbonyl (C=O) groups excluding carboxylic acids is 1. The Kier molecular flexibility index (Phi) is 4.87. The molecule has 1 fully saturated rings. The second-order valence-electron chi connectivity index (χ2n) is 7.45. The monoisotopic (exact) mass is 350 g/mol. The molecular formula is C21H26N4O. The molecule has 0 bridgehead atoms. The Morgan fingerprint density at radius 3 is 2.88 bits per heavy atom. The number of carbonyl (C=O) groups is 1. The summed E-state index contributed by atoms with van der Waals surface area (Å²) >= 11 is 0. The molecule has 1 aliphatic carbocycles. The lowest BCUT2D eigenvalue weighted by Crippen LogP contribution is -2.36. The largest absolute Gasteiger partial charge is 0.352 e. The summed E-state index contributed by atoms with van der Waals surface area (Å²) in [6.07, 6.45) is 10.4. The van der Waals surface area contributed by atoms with Gasteiger partial charge in [-0.1, -0.05) is 25.3 Å². The molecule has 2 aromatic rings. The van der Waals surface area contributed by atoms with Crippen molar-refractivity contribution in [2.75, 3.05) is 11.4 Å². The topological polar surface area (TPSA) is 58.1 Å². The number of aryl methyl sites for hydroxylation is 1. The minimum absolute atomic E-state index is 0.00670. The van der Waals surface area contributed by atoms with Gasteiger partial charge in [0.1, 0.15) is 5.82 Å². The lowest BCUT2D eigenvalue weighted by molar-refractivity contribution is 0.0927. The van der Waals surface area contributed by atoms with E-state index >= 15 is 0 Å². The molecule has 5 heteroatoms. The Labute approximate surface area is 154 Å². The second-order valence-corrected chi connectivity index (χ2v) is 7.45. The van der Waals surface area contributed by atoms with Crippen molar-refractivity contribution in [1.29, 1.82) is 0 Å². The molecule has 0 aromatic carbocycles. The molecule has 136 valence electrons. The third kappa shape index (κ3) is 3.57. The second kappa shape index (κ2) is 7.44. The number of rotatable bonds is 3. The average molecular weight is 350 g/mol. The molecule has 1 saturated carbocycles. The molecule has 0 saturated heterocycles. The van der Waals surface area contributed by atoms with Crippen molar-refractivity contribution in [1.82, 2.24) is 15.3 Å². The minimum Gasteiger partial charge on any atom is -0.352 e. The van der Waals surface area contributed by atoms with Crippen LogP contribution in [-0.4, -0.2) is 28.5 Å². The van der Waals surface area contributed by atoms with Gasteiger partial charge in [0.05, 0.1) is 5.56 Å². The highest BCUT2D eigenvalue weighted by atomic mass is 16.1. The standard InChI is InChI=1S/C21H26N4O/c1-15-12-17(21(26)24-18-7-3-2-4-8-18)13-23-20(15)25-11-9-19-16(14-25)6-5-10-22-19/h5-6,10,12-13,18H,2-4,7-9,11,14H2,1H3,(H,24,26). The SMILES string of the molecule is Cc1cc(C(=O)NC2CCCCC2)cnc1N1CCc2ncccc2C1. The third-order valence-electron chi connectivity index (χ3n) is 5.52. The molecule has 2 aliphatic rings. The summed E-state index contributed by atoms with van der Waals surface area (Å²) in [7, 11) is 0. The maximum atomic E-state index is 12.5. The smallest absolute Gasteiger partial charge is 0.253 e. The first-order chi connectivity index (χ1) is 12.7. The van der Waals surface area contributed by atoms with Gasteiger partial charge in [-0.3, -0.25) is 9.78 Å². The molecular weight excluding hydrogens is 324 g/mol. The van der Waals surface area contributed by atoms with Crippen LogP contribution < -0.4 is 10.2 Å². The van der Waals surface area contributed by atoms with Crippen molar-refractivity contribution in [3.05, 3.63) is 53.0 Å². The average Bonchev–Trinajstić information content (AvgIpc) is 2.68. The molecule has 0 spiro atoms. The molecule has 0 unspecified atom stereocenters. The predicted molar refractivity (Wildman–Crippen MR) is 102 cm³/mol. The van der Waals surface area contributed by atoms with Gasteiger partial charge in [0.15, 0.2) is 0 Å². The van der Waals surface area contributed by atoms with Gasteiger partial charge in [0, 0.05) is 43.6 Å². The van der Waals surface area contributed by atoms with E-state index < -0.39 is 0 Å². The van der Waals surface area contributed by atoms with Crippen molar-refractivity contribution in [2.24, 2.45) is 0 Å². The fraction of sp³-hybridized carbons (Fsp3) is 0.476. The molecule has 1 aliphatic heterocycles. The lowest BCUT2D eigenvalue weighted by Gasteiger charge is -2.30. The minimum atomic E-state index is 0.00670. The molecule has 1 N–H and O–H groups in total. The summed E-state index contributed by atoms with van der Waals surface area (Å²) < 4.78 is 0. The van der Waals surface area contributed by atoms with E-state index in [9.17, 15) is 4.79 Å². The summed E-state index contributed by atoms with van der Waals surface area (Å²) in [4.78, 5) is 23.9. The highest BCUT2D eigenvalue weighted by molar-refractivity contribution is 5.94. The van der Waals surface area contributed by atoms with Crippen LogP contribution in [0.1, 0.15) is 59.3 Å². The van der Waals surface area contributed by atoms with Crippen LogP contribution in [-0.2, 0) is 13.0 Å². The predicted octanol–water partition coefficient (Wildman–Crippen LogP) is 3.41. The number of nitrogens with zero attached hydrogens (tertiary/aromatic N) is 3. The van der Waals surface area contributed by atoms with E-state index in [-0.39, 0.29) is 5.91 Å². The number of amides is 1. The first kappa shape index (κ1) is 17.0. The van der Waals surface area contributed by atoms with Crippen molar-refractivity contribution >= 4 is 11.7 Å². The highest BCUT2D eigenvalue weighted by Gasteiger charge is 2.21. The van der Waals surface area contributed by atoms with Gasteiger partial charge >= 0.3 is 0 Å². The number of anilines is 1. The van der Waals surface area contributed by atoms with E-state index in [2.05, 4.69) is 26.3 Å². The van der Waals surface area contributed by atoms with Gasteiger partial charge < -0.3 is 10.2 Å². The van der Waals surface area contributed by atoms with Crippen LogP contribution >= 0.6 is 0 Å². The maximum Gasteiger partial charge on any atom is 0.253 e. The quantitative estimate of drug-likeness (QED) is 0.922. The van der Waals surface area contributed by atoms with Crippen LogP contribution in [0.25, 0.3) is 0 Å². The number of hydrogen-bond donors (Lipinski definition) is 1. The third-order valence-corrected chi connectivity index (χ3v) is 5.52. The van der Waals surface area contributed by atoms with Gasteiger partial charge in [-0.05, 0) is 43.0 Å². The fourth-order valence-corrected chi connectivity index (χ4v) is 4.09. The summed E-state index contributed by atoms with van der Waals surface area (Å²) in [5.74, 6) is 0.973. The zero-order chi connectivity index (χ0) is 17.9. The zero-order valence-corrected chi connectivity index (χ0v) is 15.4. The number of pyridine rings is 2. The van der Waals surface area contributed by atoms with Crippen molar-refractivity contribution in [2.45, 2.75) is 58.0 Å². The summed E-state index contributed by atoms with van der Waals surface area (Å²) in [6, 6.07) is 6.42. The number of fused-ring (bicyclic) bond motifs is 1. The number of hydrogen-bond acceptors (Lipinski definition) is 4. The molecule has 2 aromatic heterocycles. The Balaban J connectivity index is 1.47. The first-order valence-electron chi connectivity index (χ1n) is 9.66. The summed E-state index contributed by atoms with van der Waals surface area (Å²) in [5.41, 5.74) is 4.16. The molecule has 5 nitrogen and oxygen atoms in total. The molecule has 26 heavy (non-hydrogen) atoms. The molecule has 0 atom stereocenters. The zero-order valence-electron chi connectivity index (χ0n) is 15.4. The van der Waals surface area contributed by atoms with Crippen molar-refractivity contribution < 1.29 is 4.79 Å². The normalized spacial score (nSPS) is 17.7. The van der Waals surface area contributed by atoms with Gasteiger partial charge in [0.2, 0.25) is 0 Å². The van der Waals surface area contributed by atoms with Gasteiger partial charge in [-0.15, -0.1) is 0 Å². The van der Waals surface area contributed by atoms with Crippen LogP contribution in [0.2, 0.25) is 0 Å². The van der Waals surface area contributed by atoms with Crippen LogP contribution in [0.4, 0.5) is 5.82 Å². The van der Waals surface area contributed by atoms with E-state index in [0.29, 0.717) is 11.6 Å². The van der Waals surface area contributed by atoms with Crippen LogP contribution in [0.5, 0.6) is 0 Å². The highest BCUT2D eigenvalue weighted by Crippen LogP contribution is 2.25. The van der Waals surface area contributed by atoms with Crippen LogP contribution in [0.15, 0.2) is 30.6 Å². The van der Waals surface area contributed by atoms with E-state index in [1.807, 2.05) is 25.3 Å². The number of aromatic nitrogens is 2. The Morgan fingerprint density at radius 2 is 2.08 bits per heavy atom. The van der Waals surface area contributed by atoms with Crippen molar-refractivity contribution in [3.8, 4) is 0 Å². The van der Waals surface area contributed by atoms with E-state index in [1.165, 1.54) is 30.5 Å². The van der Waals surface area contributed by atoms with E-state index in [1.54, 1.807) is 6.20 Å². The molecule has 3 heterocycles. The Hall–Kier alpha value is -2.43. The van der Waals surface area contributed by atoms with Crippen LogP contribution in [0, 0.1) is 6.92 Å².